The van der Waals surface area contributed by atoms with Crippen molar-refractivity contribution in [2.45, 2.75) is 44.9 Å². The van der Waals surface area contributed by atoms with Crippen LogP contribution in [0.5, 0.6) is 0 Å². The molecule has 1 amide bonds. The van der Waals surface area contributed by atoms with Crippen molar-refractivity contribution in [2.24, 2.45) is 0 Å². The van der Waals surface area contributed by atoms with Gasteiger partial charge < -0.3 is 14.9 Å². The van der Waals surface area contributed by atoms with Crippen LogP contribution in [0, 0.1) is 0 Å². The van der Waals surface area contributed by atoms with E-state index in [0.29, 0.717) is 5.56 Å². The Hall–Kier alpha value is -2.93. The highest BCUT2D eigenvalue weighted by atomic mass is 16.5. The zero-order chi connectivity index (χ0) is 22.8. The van der Waals surface area contributed by atoms with Crippen molar-refractivity contribution < 1.29 is 15.1 Å². The third kappa shape index (κ3) is 2.67. The molecule has 1 unspecified atom stereocenters. The van der Waals surface area contributed by atoms with Gasteiger partial charge in [-0.3, -0.25) is 4.79 Å². The molecule has 2 aromatic rings. The smallest absolute Gasteiger partial charge is 0.257 e. The number of aliphatic hydroxyl groups excluding tert-OH is 1. The fourth-order valence-corrected chi connectivity index (χ4v) is 5.60. The van der Waals surface area contributed by atoms with Crippen molar-refractivity contribution in [3.8, 4) is 0 Å². The molecule has 3 aliphatic rings. The van der Waals surface area contributed by atoms with E-state index in [4.69, 9.17) is 0 Å². The number of hydroxylamine groups is 2. The normalized spacial score (nSPS) is 23.6. The molecule has 5 rings (SSSR count). The highest BCUT2D eigenvalue weighted by molar-refractivity contribution is 6.06. The summed E-state index contributed by atoms with van der Waals surface area (Å²) in [5, 5.41) is 24.5. The van der Waals surface area contributed by atoms with Crippen LogP contribution in [0.25, 0.3) is 5.70 Å². The van der Waals surface area contributed by atoms with E-state index in [1.54, 1.807) is 4.90 Å². The number of nitrogens with zero attached hydrogens (tertiary/aromatic N) is 3. The molecule has 6 heteroatoms. The highest BCUT2D eigenvalue weighted by Crippen LogP contribution is 2.54. The first-order valence-corrected chi connectivity index (χ1v) is 11.0. The van der Waals surface area contributed by atoms with Crippen LogP contribution in [-0.2, 0) is 5.21 Å². The maximum Gasteiger partial charge on any atom is 0.257 e. The Morgan fingerprint density at radius 1 is 0.938 bits per heavy atom. The Kier molecular flexibility index (Phi) is 4.60. The predicted molar refractivity (Wildman–Crippen MR) is 123 cm³/mol. The lowest BCUT2D eigenvalue weighted by Gasteiger charge is -2.51. The molecule has 1 radical (unpaired) electrons. The van der Waals surface area contributed by atoms with Crippen LogP contribution >= 0.6 is 0 Å². The number of para-hydroxylation sites is 1. The zero-order valence-electron chi connectivity index (χ0n) is 18.9. The van der Waals surface area contributed by atoms with E-state index in [-0.39, 0.29) is 19.1 Å². The van der Waals surface area contributed by atoms with Crippen molar-refractivity contribution in [3.05, 3.63) is 82.9 Å². The number of rotatable bonds is 3. The number of hydrogen-bond donors (Lipinski definition) is 1. The molecule has 1 atom stereocenters. The van der Waals surface area contributed by atoms with Crippen molar-refractivity contribution in [1.82, 2.24) is 9.96 Å². The first-order valence-electron chi connectivity index (χ1n) is 11.0. The fourth-order valence-electron chi connectivity index (χ4n) is 5.60. The molecular formula is C26H28N3O3. The Labute approximate surface area is 188 Å². The quantitative estimate of drug-likeness (QED) is 0.804. The molecule has 2 aromatic carbocycles. The Morgan fingerprint density at radius 3 is 2.28 bits per heavy atom. The molecule has 0 fully saturated rings. The first kappa shape index (κ1) is 20.9. The summed E-state index contributed by atoms with van der Waals surface area (Å²) >= 11 is 0. The standard InChI is InChI=1S/C26H28N3O3/c1-25(2)19-16-21(17-10-6-5-7-11-17)28-20-13-9-8-12-18(20)24(31)27(14-15-30)23(28)22(19)26(3,4)29(25)32/h5-13,16,23,30H,14-15H2,1-4H3. The van der Waals surface area contributed by atoms with E-state index in [0.717, 1.165) is 33.2 Å². The molecule has 1 N–H and O–H groups in total. The minimum absolute atomic E-state index is 0.130. The Balaban J connectivity index is 1.86. The zero-order valence-corrected chi connectivity index (χ0v) is 18.9. The van der Waals surface area contributed by atoms with Crippen molar-refractivity contribution in [2.75, 3.05) is 18.1 Å². The van der Waals surface area contributed by atoms with Gasteiger partial charge in [-0.05, 0) is 57.0 Å². The average Bonchev–Trinajstić information content (AvgIpc) is 2.93. The second kappa shape index (κ2) is 7.04. The lowest BCUT2D eigenvalue weighted by molar-refractivity contribution is -0.240. The molecule has 32 heavy (non-hydrogen) atoms. The van der Waals surface area contributed by atoms with Gasteiger partial charge in [-0.2, -0.15) is 0 Å². The van der Waals surface area contributed by atoms with Gasteiger partial charge in [0.05, 0.1) is 34.6 Å². The number of fused-ring (bicyclic) bond motifs is 4. The summed E-state index contributed by atoms with van der Waals surface area (Å²) in [5.41, 5.74) is 3.64. The van der Waals surface area contributed by atoms with Crippen LogP contribution in [0.15, 0.2) is 71.8 Å². The molecule has 3 heterocycles. The molecule has 0 spiro atoms. The average molecular weight is 431 g/mol. The van der Waals surface area contributed by atoms with E-state index in [2.05, 4.69) is 11.0 Å². The summed E-state index contributed by atoms with van der Waals surface area (Å²) in [5.74, 6) is -0.130. The van der Waals surface area contributed by atoms with E-state index < -0.39 is 17.2 Å². The third-order valence-electron chi connectivity index (χ3n) is 7.03. The first-order chi connectivity index (χ1) is 15.2. The van der Waals surface area contributed by atoms with Gasteiger partial charge in [0.25, 0.3) is 5.91 Å². The monoisotopic (exact) mass is 430 g/mol. The fraction of sp³-hybridized carbons (Fsp3) is 0.346. The maximum absolute atomic E-state index is 13.6. The molecular weight excluding hydrogens is 402 g/mol. The third-order valence-corrected chi connectivity index (χ3v) is 7.03. The minimum atomic E-state index is -0.819. The van der Waals surface area contributed by atoms with Gasteiger partial charge in [0.2, 0.25) is 0 Å². The van der Waals surface area contributed by atoms with E-state index in [9.17, 15) is 15.1 Å². The number of anilines is 1. The lowest BCUT2D eigenvalue weighted by Crippen LogP contribution is -2.60. The molecule has 3 aliphatic heterocycles. The number of carbonyl (C=O) groups excluding carboxylic acids is 1. The van der Waals surface area contributed by atoms with Gasteiger partial charge in [0.1, 0.15) is 6.17 Å². The van der Waals surface area contributed by atoms with Gasteiger partial charge in [-0.15, -0.1) is 10.3 Å². The van der Waals surface area contributed by atoms with E-state index in [1.165, 1.54) is 0 Å². The van der Waals surface area contributed by atoms with Gasteiger partial charge in [-0.1, -0.05) is 42.5 Å². The summed E-state index contributed by atoms with van der Waals surface area (Å²) in [6.07, 6.45) is 1.62. The summed E-state index contributed by atoms with van der Waals surface area (Å²) in [6.45, 7) is 7.75. The molecule has 0 bridgehead atoms. The van der Waals surface area contributed by atoms with Crippen LogP contribution in [0.4, 0.5) is 5.69 Å². The summed E-state index contributed by atoms with van der Waals surface area (Å²) in [7, 11) is 0. The van der Waals surface area contributed by atoms with E-state index in [1.807, 2.05) is 82.3 Å². The van der Waals surface area contributed by atoms with Crippen molar-refractivity contribution >= 4 is 17.3 Å². The number of aliphatic hydroxyl groups is 1. The number of carbonyl (C=O) groups is 1. The maximum atomic E-state index is 13.6. The lowest BCUT2D eigenvalue weighted by atomic mass is 9.81. The molecule has 0 saturated heterocycles. The van der Waals surface area contributed by atoms with Crippen molar-refractivity contribution in [3.63, 3.8) is 0 Å². The minimum Gasteiger partial charge on any atom is -0.395 e. The molecule has 0 aromatic heterocycles. The number of amides is 1. The number of hydrogen-bond acceptors (Lipinski definition) is 4. The van der Waals surface area contributed by atoms with Crippen LogP contribution in [0.3, 0.4) is 0 Å². The molecule has 0 aliphatic carbocycles. The number of benzene rings is 2. The predicted octanol–water partition coefficient (Wildman–Crippen LogP) is 3.84. The van der Waals surface area contributed by atoms with Gasteiger partial charge in [-0.25, -0.2) is 0 Å². The molecule has 165 valence electrons. The summed E-state index contributed by atoms with van der Waals surface area (Å²) < 4.78 is 0. The SMILES string of the molecule is CC1(C)C2=C(C3N(CCO)C(=O)c4ccccc4N3C(c3ccccc3)=C2)C(C)(C)N1[O]. The van der Waals surface area contributed by atoms with Crippen LogP contribution in [-0.4, -0.2) is 51.4 Å². The Bertz CT molecular complexity index is 1150. The molecule has 0 saturated carbocycles. The second-order valence-electron chi connectivity index (χ2n) is 9.62. The highest BCUT2D eigenvalue weighted by Gasteiger charge is 2.58. The van der Waals surface area contributed by atoms with Gasteiger partial charge in [0, 0.05) is 12.1 Å². The van der Waals surface area contributed by atoms with Crippen LogP contribution in [0.2, 0.25) is 0 Å². The van der Waals surface area contributed by atoms with Crippen LogP contribution < -0.4 is 4.90 Å². The topological polar surface area (TPSA) is 66.9 Å². The largest absolute Gasteiger partial charge is 0.395 e. The summed E-state index contributed by atoms with van der Waals surface area (Å²) in [4.78, 5) is 17.5. The number of β-amino-alcohol motifs (C(OH)–C–C–N with tert-alkyl or cyclic N) is 1. The van der Waals surface area contributed by atoms with Crippen molar-refractivity contribution in [1.29, 1.82) is 0 Å². The van der Waals surface area contributed by atoms with Gasteiger partial charge in [0.15, 0.2) is 0 Å². The van der Waals surface area contributed by atoms with Gasteiger partial charge >= 0.3 is 0 Å². The summed E-state index contributed by atoms with van der Waals surface area (Å²) in [6, 6.07) is 17.6. The molecule has 6 nitrogen and oxygen atoms in total. The van der Waals surface area contributed by atoms with Crippen LogP contribution in [0.1, 0.15) is 43.6 Å². The van der Waals surface area contributed by atoms with E-state index >= 15 is 0 Å². The second-order valence-corrected chi connectivity index (χ2v) is 9.62. The Morgan fingerprint density at radius 2 is 1.59 bits per heavy atom.